The van der Waals surface area contributed by atoms with Gasteiger partial charge in [-0.1, -0.05) is 0 Å². The third-order valence-corrected chi connectivity index (χ3v) is 25.3. The van der Waals surface area contributed by atoms with E-state index >= 15 is 0 Å². The van der Waals surface area contributed by atoms with Gasteiger partial charge in [0.25, 0.3) is 0 Å². The number of fused-ring (bicyclic) bond motifs is 2. The van der Waals surface area contributed by atoms with Crippen molar-refractivity contribution in [3.8, 4) is 22.3 Å². The van der Waals surface area contributed by atoms with Gasteiger partial charge in [0.15, 0.2) is 0 Å². The summed E-state index contributed by atoms with van der Waals surface area (Å²) in [6, 6.07) is 18.1. The molecule has 1 saturated heterocycles. The topological polar surface area (TPSA) is 0 Å². The van der Waals surface area contributed by atoms with Crippen LogP contribution in [0.15, 0.2) is 59.7 Å². The molecule has 4 aromatic carbocycles. The van der Waals surface area contributed by atoms with Crippen molar-refractivity contribution in [2.24, 2.45) is 0 Å². The van der Waals surface area contributed by atoms with E-state index in [1.54, 1.807) is 33.4 Å². The van der Waals surface area contributed by atoms with E-state index in [-0.39, 0.29) is 24.8 Å². The second kappa shape index (κ2) is 12.1. The molecule has 1 aliphatic heterocycles. The minimum absolute atomic E-state index is 0. The average molecular weight is 713 g/mol. The Hall–Kier alpha value is -2.18. The van der Waals surface area contributed by atoms with Crippen LogP contribution in [0, 0.1) is 55.4 Å². The molecule has 0 spiro atoms. The SMILES string of the molecule is CC1=Cc2c(-c3ccccc3C)c(C)c(C)c(C)c2[CH]1[Zr+2]1([CH]2C(C)=Cc3c(-c4ccccc4C)c(C)c(C)c(C)c32)[CH2][CH2]1.[Cl-].[Cl-]. The van der Waals surface area contributed by atoms with E-state index in [9.17, 15) is 0 Å². The summed E-state index contributed by atoms with van der Waals surface area (Å²) in [5.41, 5.74) is 27.4. The maximum Gasteiger partial charge on any atom is -1.00 e. The van der Waals surface area contributed by atoms with Gasteiger partial charge < -0.3 is 24.8 Å². The first-order chi connectivity index (χ1) is 20.5. The first-order valence-corrected chi connectivity index (χ1v) is 22.6. The summed E-state index contributed by atoms with van der Waals surface area (Å²) >= 11 is -2.79. The third-order valence-electron chi connectivity index (χ3n) is 12.0. The minimum Gasteiger partial charge on any atom is -1.00 e. The van der Waals surface area contributed by atoms with Gasteiger partial charge in [-0.3, -0.25) is 0 Å². The van der Waals surface area contributed by atoms with E-state index in [1.807, 2.05) is 0 Å². The van der Waals surface area contributed by atoms with Crippen LogP contribution in [0.2, 0.25) is 8.26 Å². The minimum atomic E-state index is -2.79. The Morgan fingerprint density at radius 2 is 0.822 bits per heavy atom. The molecule has 0 saturated carbocycles. The van der Waals surface area contributed by atoms with Gasteiger partial charge in [-0.15, -0.1) is 0 Å². The molecule has 3 heteroatoms. The molecule has 3 aliphatic rings. The number of aryl methyl sites for hydroxylation is 2. The molecule has 4 aromatic rings. The second-order valence-corrected chi connectivity index (χ2v) is 25.5. The summed E-state index contributed by atoms with van der Waals surface area (Å²) in [5, 5.41) is 0. The molecule has 7 rings (SSSR count). The summed E-state index contributed by atoms with van der Waals surface area (Å²) in [5.74, 6) is 0. The molecule has 2 atom stereocenters. The Morgan fingerprint density at radius 3 is 1.16 bits per heavy atom. The van der Waals surface area contributed by atoms with Gasteiger partial charge in [-0.05, 0) is 0 Å². The van der Waals surface area contributed by atoms with Crippen LogP contribution < -0.4 is 24.8 Å². The Labute approximate surface area is 288 Å². The number of benzene rings is 4. The first kappa shape index (κ1) is 34.2. The zero-order chi connectivity index (χ0) is 30.5. The molecule has 0 N–H and O–H groups in total. The molecule has 1 heterocycles. The molecular weight excluding hydrogens is 667 g/mol. The quantitative estimate of drug-likeness (QED) is 0.240. The average Bonchev–Trinajstić information content (AvgIpc) is 3.57. The van der Waals surface area contributed by atoms with Crippen molar-refractivity contribution >= 4 is 12.2 Å². The zero-order valence-corrected chi connectivity index (χ0v) is 32.6. The fraction of sp³-hybridized carbons (Fsp3) is 0.333. The Kier molecular flexibility index (Phi) is 9.20. The fourth-order valence-corrected chi connectivity index (χ4v) is 27.4. The Morgan fingerprint density at radius 1 is 0.467 bits per heavy atom. The van der Waals surface area contributed by atoms with Crippen molar-refractivity contribution in [3.63, 3.8) is 0 Å². The normalized spacial score (nSPS) is 18.1. The molecule has 0 aromatic heterocycles. The molecule has 2 unspecified atom stereocenters. The maximum absolute atomic E-state index is 2.79. The van der Waals surface area contributed by atoms with E-state index in [1.165, 1.54) is 75.0 Å². The predicted molar refractivity (Wildman–Crippen MR) is 184 cm³/mol. The second-order valence-electron chi connectivity index (χ2n) is 14.2. The number of hydrogen-bond acceptors (Lipinski definition) is 0. The number of hydrogen-bond donors (Lipinski definition) is 0. The summed E-state index contributed by atoms with van der Waals surface area (Å²) in [6.07, 6.45) is 5.25. The van der Waals surface area contributed by atoms with Crippen LogP contribution in [0.4, 0.5) is 0 Å². The Bertz CT molecular complexity index is 1800. The van der Waals surface area contributed by atoms with Crippen molar-refractivity contribution in [2.75, 3.05) is 0 Å². The summed E-state index contributed by atoms with van der Waals surface area (Å²) in [6.45, 7) is 23.9. The molecule has 1 fully saturated rings. The van der Waals surface area contributed by atoms with Gasteiger partial charge in [0.2, 0.25) is 0 Å². The number of halogens is 2. The fourth-order valence-electron chi connectivity index (χ4n) is 9.31. The van der Waals surface area contributed by atoms with Crippen LogP contribution in [-0.4, -0.2) is 0 Å². The van der Waals surface area contributed by atoms with Crippen LogP contribution in [0.5, 0.6) is 0 Å². The van der Waals surface area contributed by atoms with E-state index in [0.717, 1.165) is 0 Å². The third kappa shape index (κ3) is 4.86. The van der Waals surface area contributed by atoms with E-state index < -0.39 is 20.3 Å². The summed E-state index contributed by atoms with van der Waals surface area (Å²) < 4.78 is 4.32. The van der Waals surface area contributed by atoms with E-state index in [2.05, 4.69) is 130 Å². The van der Waals surface area contributed by atoms with Gasteiger partial charge in [-0.25, -0.2) is 0 Å². The smallest absolute Gasteiger partial charge is 1.00 e. The monoisotopic (exact) mass is 710 g/mol. The molecular formula is C42H46Cl2Zr. The van der Waals surface area contributed by atoms with Crippen molar-refractivity contribution in [1.29, 1.82) is 0 Å². The summed E-state index contributed by atoms with van der Waals surface area (Å²) in [4.78, 5) is 0. The Balaban J connectivity index is 0.00000200. The van der Waals surface area contributed by atoms with Gasteiger partial charge >= 0.3 is 266 Å². The van der Waals surface area contributed by atoms with Crippen LogP contribution in [0.1, 0.15) is 87.9 Å². The predicted octanol–water partition coefficient (Wildman–Crippen LogP) is 6.12. The molecule has 0 bridgehead atoms. The van der Waals surface area contributed by atoms with Crippen LogP contribution in [-0.2, 0) is 20.3 Å². The van der Waals surface area contributed by atoms with Gasteiger partial charge in [0.1, 0.15) is 0 Å². The molecule has 45 heavy (non-hydrogen) atoms. The van der Waals surface area contributed by atoms with Gasteiger partial charge in [0.05, 0.1) is 0 Å². The van der Waals surface area contributed by atoms with E-state index in [0.29, 0.717) is 7.25 Å². The molecule has 0 amide bonds. The maximum atomic E-state index is 2.62. The number of allylic oxidation sites excluding steroid dienone is 2. The largest absolute Gasteiger partial charge is 1.00 e. The van der Waals surface area contributed by atoms with Crippen LogP contribution in [0.25, 0.3) is 34.4 Å². The molecule has 2 aliphatic carbocycles. The molecule has 0 radical (unpaired) electrons. The van der Waals surface area contributed by atoms with Crippen molar-refractivity contribution < 1.29 is 45.1 Å². The van der Waals surface area contributed by atoms with E-state index in [4.69, 9.17) is 0 Å². The summed E-state index contributed by atoms with van der Waals surface area (Å²) in [7, 11) is 0. The van der Waals surface area contributed by atoms with Crippen molar-refractivity contribution in [2.45, 2.75) is 84.7 Å². The molecule has 0 nitrogen and oxygen atoms in total. The van der Waals surface area contributed by atoms with Crippen LogP contribution >= 0.6 is 0 Å². The van der Waals surface area contributed by atoms with Crippen molar-refractivity contribution in [1.82, 2.24) is 0 Å². The first-order valence-electron chi connectivity index (χ1n) is 16.2. The van der Waals surface area contributed by atoms with Gasteiger partial charge in [0, 0.05) is 0 Å². The van der Waals surface area contributed by atoms with Crippen molar-refractivity contribution in [3.05, 3.63) is 126 Å². The standard InChI is InChI=1S/2C20H21.C2H4.2ClH.Zr/c2*1-12-10-18-15(4)14(3)16(5)20(19(18)11-12)17-9-7-6-8-13(17)2;1-2;;;/h2*6-11H,1-5H3;1-2H2;2*1H;/q;;;;;+2/p-2. The number of rotatable bonds is 4. The van der Waals surface area contributed by atoms with Crippen LogP contribution in [0.3, 0.4) is 0 Å². The zero-order valence-electron chi connectivity index (χ0n) is 28.6. The van der Waals surface area contributed by atoms with Gasteiger partial charge in [-0.2, -0.15) is 0 Å². The molecule has 232 valence electrons.